The average Bonchev–Trinajstić information content (AvgIpc) is 2.98. The number of anilines is 1. The van der Waals surface area contributed by atoms with E-state index in [0.717, 1.165) is 54.5 Å². The lowest BCUT2D eigenvalue weighted by Gasteiger charge is -2.33. The van der Waals surface area contributed by atoms with E-state index in [1.165, 1.54) is 24.8 Å². The number of fused-ring (bicyclic) bond motifs is 1. The SMILES string of the molecule is CCCCc1ccc(C#Cc2ccc(CN(C(=O)C3CCCCC3)c3ccc4c(c3)OC(C)(C)OC4=O)cc2)cc1. The van der Waals surface area contributed by atoms with Crippen molar-refractivity contribution >= 4 is 17.6 Å². The standard InChI is InChI=1S/C36H39NO4/c1-4-5-9-26-12-14-27(15-13-26)16-17-28-18-20-29(21-19-28)25-37(34(38)30-10-7-6-8-11-30)31-22-23-32-33(24-31)40-36(2,3)41-35(32)39/h12-15,18-24,30H,4-11,25H2,1-3H3. The van der Waals surface area contributed by atoms with Gasteiger partial charge in [-0.05, 0) is 73.2 Å². The van der Waals surface area contributed by atoms with E-state index in [1.54, 1.807) is 26.0 Å². The molecular formula is C36H39NO4. The van der Waals surface area contributed by atoms with E-state index in [9.17, 15) is 9.59 Å². The van der Waals surface area contributed by atoms with Crippen molar-refractivity contribution in [2.45, 2.75) is 84.5 Å². The van der Waals surface area contributed by atoms with Crippen LogP contribution < -0.4 is 9.64 Å². The highest BCUT2D eigenvalue weighted by Gasteiger charge is 2.35. The number of esters is 1. The maximum Gasteiger partial charge on any atom is 0.345 e. The number of hydrogen-bond acceptors (Lipinski definition) is 4. The highest BCUT2D eigenvalue weighted by molar-refractivity contribution is 5.98. The first kappa shape index (κ1) is 28.5. The summed E-state index contributed by atoms with van der Waals surface area (Å²) in [5.41, 5.74) is 5.38. The normalized spacial score (nSPS) is 16.0. The summed E-state index contributed by atoms with van der Waals surface area (Å²) in [4.78, 5) is 28.2. The number of amides is 1. The molecule has 1 amide bonds. The zero-order valence-corrected chi connectivity index (χ0v) is 24.4. The van der Waals surface area contributed by atoms with Crippen LogP contribution in [-0.2, 0) is 22.5 Å². The summed E-state index contributed by atoms with van der Waals surface area (Å²) < 4.78 is 11.3. The summed E-state index contributed by atoms with van der Waals surface area (Å²) in [7, 11) is 0. The lowest BCUT2D eigenvalue weighted by atomic mass is 9.88. The van der Waals surface area contributed by atoms with E-state index in [-0.39, 0.29) is 11.8 Å². The van der Waals surface area contributed by atoms with Gasteiger partial charge in [-0.15, -0.1) is 0 Å². The van der Waals surface area contributed by atoms with Gasteiger partial charge in [0.25, 0.3) is 0 Å². The summed E-state index contributed by atoms with van der Waals surface area (Å²) >= 11 is 0. The molecule has 5 nitrogen and oxygen atoms in total. The smallest absolute Gasteiger partial charge is 0.345 e. The minimum absolute atomic E-state index is 0.000563. The van der Waals surface area contributed by atoms with E-state index in [2.05, 4.69) is 43.0 Å². The topological polar surface area (TPSA) is 55.8 Å². The van der Waals surface area contributed by atoms with Crippen molar-refractivity contribution in [1.82, 2.24) is 0 Å². The molecule has 1 fully saturated rings. The van der Waals surface area contributed by atoms with Crippen molar-refractivity contribution in [1.29, 1.82) is 0 Å². The molecule has 0 N–H and O–H groups in total. The van der Waals surface area contributed by atoms with E-state index in [1.807, 2.05) is 35.2 Å². The van der Waals surface area contributed by atoms with E-state index in [4.69, 9.17) is 9.47 Å². The van der Waals surface area contributed by atoms with Crippen LogP contribution in [0.1, 0.15) is 98.3 Å². The minimum Gasteiger partial charge on any atom is -0.452 e. The fourth-order valence-corrected chi connectivity index (χ4v) is 5.52. The molecule has 0 aromatic heterocycles. The van der Waals surface area contributed by atoms with Gasteiger partial charge in [0, 0.05) is 42.6 Å². The number of aryl methyl sites for hydroxylation is 1. The maximum absolute atomic E-state index is 13.8. The van der Waals surface area contributed by atoms with Gasteiger partial charge in [0.2, 0.25) is 11.7 Å². The zero-order chi connectivity index (χ0) is 28.8. The summed E-state index contributed by atoms with van der Waals surface area (Å²) in [5.74, 6) is 5.61. The first-order valence-electron chi connectivity index (χ1n) is 14.9. The molecule has 3 aromatic rings. The molecule has 1 heterocycles. The number of carbonyl (C=O) groups excluding carboxylic acids is 2. The Bertz CT molecular complexity index is 1440. The van der Waals surface area contributed by atoms with Gasteiger partial charge in [-0.2, -0.15) is 0 Å². The quantitative estimate of drug-likeness (QED) is 0.223. The van der Waals surface area contributed by atoms with Crippen LogP contribution in [0, 0.1) is 17.8 Å². The van der Waals surface area contributed by atoms with Gasteiger partial charge in [-0.1, -0.05) is 68.7 Å². The third-order valence-corrected chi connectivity index (χ3v) is 7.83. The Kier molecular flexibility index (Phi) is 8.78. The number of nitrogens with zero attached hydrogens (tertiary/aromatic N) is 1. The Morgan fingerprint density at radius 2 is 1.51 bits per heavy atom. The number of unbranched alkanes of at least 4 members (excludes halogenated alkanes) is 1. The fourth-order valence-electron chi connectivity index (χ4n) is 5.52. The maximum atomic E-state index is 13.8. The van der Waals surface area contributed by atoms with Gasteiger partial charge in [-0.25, -0.2) is 4.79 Å². The summed E-state index contributed by atoms with van der Waals surface area (Å²) in [5, 5.41) is 0. The molecule has 0 bridgehead atoms. The van der Waals surface area contributed by atoms with Crippen LogP contribution in [0.5, 0.6) is 5.75 Å². The monoisotopic (exact) mass is 549 g/mol. The molecule has 2 aliphatic rings. The molecule has 0 spiro atoms. The Labute approximate surface area is 243 Å². The first-order valence-corrected chi connectivity index (χ1v) is 14.9. The molecule has 1 aliphatic heterocycles. The minimum atomic E-state index is -1.06. The van der Waals surface area contributed by atoms with Crippen LogP contribution in [0.4, 0.5) is 5.69 Å². The van der Waals surface area contributed by atoms with Crippen molar-refractivity contribution < 1.29 is 19.1 Å². The van der Waals surface area contributed by atoms with Crippen LogP contribution in [-0.4, -0.2) is 17.7 Å². The Morgan fingerprint density at radius 3 is 2.15 bits per heavy atom. The molecule has 5 rings (SSSR count). The molecule has 0 radical (unpaired) electrons. The Morgan fingerprint density at radius 1 is 0.878 bits per heavy atom. The van der Waals surface area contributed by atoms with Crippen molar-refractivity contribution in [3.63, 3.8) is 0 Å². The molecule has 1 saturated carbocycles. The molecule has 212 valence electrons. The van der Waals surface area contributed by atoms with Gasteiger partial charge in [0.1, 0.15) is 11.3 Å². The largest absolute Gasteiger partial charge is 0.452 e. The average molecular weight is 550 g/mol. The molecule has 0 atom stereocenters. The Balaban J connectivity index is 1.35. The third-order valence-electron chi connectivity index (χ3n) is 7.83. The second-order valence-electron chi connectivity index (χ2n) is 11.6. The third kappa shape index (κ3) is 7.19. The van der Waals surface area contributed by atoms with Crippen molar-refractivity contribution in [2.75, 3.05) is 4.90 Å². The van der Waals surface area contributed by atoms with Gasteiger partial charge in [0.15, 0.2) is 0 Å². The predicted molar refractivity (Wildman–Crippen MR) is 162 cm³/mol. The number of ether oxygens (including phenoxy) is 2. The van der Waals surface area contributed by atoms with Crippen LogP contribution >= 0.6 is 0 Å². The predicted octanol–water partition coefficient (Wildman–Crippen LogP) is 7.83. The van der Waals surface area contributed by atoms with Crippen LogP contribution in [0.25, 0.3) is 0 Å². The first-order chi connectivity index (χ1) is 19.8. The van der Waals surface area contributed by atoms with Gasteiger partial charge < -0.3 is 14.4 Å². The molecule has 5 heteroatoms. The van der Waals surface area contributed by atoms with Gasteiger partial charge >= 0.3 is 5.97 Å². The number of benzene rings is 3. The van der Waals surface area contributed by atoms with Crippen LogP contribution in [0.2, 0.25) is 0 Å². The lowest BCUT2D eigenvalue weighted by Crippen LogP contribution is -2.39. The number of carbonyl (C=O) groups is 2. The van der Waals surface area contributed by atoms with Crippen molar-refractivity contribution in [3.05, 3.63) is 94.5 Å². The Hall–Kier alpha value is -4.04. The van der Waals surface area contributed by atoms with Gasteiger partial charge in [-0.3, -0.25) is 4.79 Å². The van der Waals surface area contributed by atoms with Crippen LogP contribution in [0.3, 0.4) is 0 Å². The summed E-state index contributed by atoms with van der Waals surface area (Å²) in [6.45, 7) is 6.05. The number of hydrogen-bond donors (Lipinski definition) is 0. The van der Waals surface area contributed by atoms with E-state index < -0.39 is 11.8 Å². The number of rotatable bonds is 7. The zero-order valence-electron chi connectivity index (χ0n) is 24.4. The molecule has 1 aliphatic carbocycles. The lowest BCUT2D eigenvalue weighted by molar-refractivity contribution is -0.127. The van der Waals surface area contributed by atoms with E-state index in [0.29, 0.717) is 17.9 Å². The van der Waals surface area contributed by atoms with Gasteiger partial charge in [0.05, 0.1) is 6.54 Å². The highest BCUT2D eigenvalue weighted by atomic mass is 16.7. The van der Waals surface area contributed by atoms with Crippen molar-refractivity contribution in [3.8, 4) is 17.6 Å². The summed E-state index contributed by atoms with van der Waals surface area (Å²) in [6, 6.07) is 21.9. The van der Waals surface area contributed by atoms with Crippen molar-refractivity contribution in [2.24, 2.45) is 5.92 Å². The molecule has 0 unspecified atom stereocenters. The fraction of sp³-hybridized carbons (Fsp3) is 0.389. The number of cyclic esters (lactones) is 1. The second-order valence-corrected chi connectivity index (χ2v) is 11.6. The van der Waals surface area contributed by atoms with E-state index >= 15 is 0 Å². The molecule has 3 aromatic carbocycles. The molecular weight excluding hydrogens is 510 g/mol. The molecule has 41 heavy (non-hydrogen) atoms. The molecule has 0 saturated heterocycles. The summed E-state index contributed by atoms with van der Waals surface area (Å²) in [6.07, 6.45) is 8.65. The highest BCUT2D eigenvalue weighted by Crippen LogP contribution is 2.36. The van der Waals surface area contributed by atoms with Crippen LogP contribution in [0.15, 0.2) is 66.7 Å². The second kappa shape index (κ2) is 12.6.